The molecule has 0 aliphatic carbocycles. The Balaban J connectivity index is 1.54. The van der Waals surface area contributed by atoms with Crippen molar-refractivity contribution in [3.05, 3.63) is 89.4 Å². The molecule has 28 heavy (non-hydrogen) atoms. The van der Waals surface area contributed by atoms with Crippen LogP contribution in [0.1, 0.15) is 26.3 Å². The highest BCUT2D eigenvalue weighted by Gasteiger charge is 2.28. The Labute approximate surface area is 161 Å². The maximum absolute atomic E-state index is 12.5. The molecule has 3 aromatic rings. The summed E-state index contributed by atoms with van der Waals surface area (Å²) >= 11 is 0. The molecule has 0 unspecified atom stereocenters. The van der Waals surface area contributed by atoms with E-state index in [0.717, 1.165) is 11.3 Å². The molecule has 1 aliphatic heterocycles. The Bertz CT molecular complexity index is 1070. The quantitative estimate of drug-likeness (QED) is 0.392. The van der Waals surface area contributed by atoms with E-state index in [9.17, 15) is 9.59 Å². The van der Waals surface area contributed by atoms with Gasteiger partial charge in [0.15, 0.2) is 5.76 Å². The van der Waals surface area contributed by atoms with Crippen LogP contribution < -0.4 is 14.2 Å². The lowest BCUT2D eigenvalue weighted by Gasteiger charge is -2.05. The van der Waals surface area contributed by atoms with Gasteiger partial charge >= 0.3 is 5.97 Å². The molecular formula is C22H15NO5. The number of fused-ring (bicyclic) bond motifs is 1. The number of hydrogen-bond acceptors (Lipinski definition) is 6. The fourth-order valence-corrected chi connectivity index (χ4v) is 2.73. The maximum atomic E-state index is 12.5. The zero-order valence-electron chi connectivity index (χ0n) is 14.9. The molecule has 0 N–H and O–H groups in total. The van der Waals surface area contributed by atoms with Crippen molar-refractivity contribution in [2.45, 2.75) is 0 Å². The van der Waals surface area contributed by atoms with E-state index >= 15 is 0 Å². The number of rotatable bonds is 4. The number of benzene rings is 2. The smallest absolute Gasteiger partial charge is 0.345 e. The lowest BCUT2D eigenvalue weighted by atomic mass is 10.1. The standard InChI is InChI=1S/C22H15NO5/c1-26-16-6-4-14(5-7-16)11-20-21(24)18-9-8-17(12-19(18)28-20)27-22(25)15-3-2-10-23-13-15/h2-13H,1H3/b20-11+. The molecule has 0 saturated heterocycles. The lowest BCUT2D eigenvalue weighted by molar-refractivity contribution is 0.0734. The van der Waals surface area contributed by atoms with Crippen molar-refractivity contribution in [2.75, 3.05) is 7.11 Å². The molecule has 0 saturated carbocycles. The van der Waals surface area contributed by atoms with E-state index < -0.39 is 5.97 Å². The predicted octanol–water partition coefficient (Wildman–Crippen LogP) is 3.93. The summed E-state index contributed by atoms with van der Waals surface area (Å²) in [5, 5.41) is 0. The average molecular weight is 373 g/mol. The molecule has 0 bridgehead atoms. The van der Waals surface area contributed by atoms with Crippen molar-refractivity contribution in [1.29, 1.82) is 0 Å². The first-order valence-corrected chi connectivity index (χ1v) is 8.48. The van der Waals surface area contributed by atoms with E-state index in [-0.39, 0.29) is 17.3 Å². The number of carbonyl (C=O) groups is 2. The van der Waals surface area contributed by atoms with Gasteiger partial charge < -0.3 is 14.2 Å². The topological polar surface area (TPSA) is 74.7 Å². The summed E-state index contributed by atoms with van der Waals surface area (Å²) < 4.78 is 16.1. The van der Waals surface area contributed by atoms with E-state index in [2.05, 4.69) is 4.98 Å². The fourth-order valence-electron chi connectivity index (χ4n) is 2.73. The van der Waals surface area contributed by atoms with Crippen LogP contribution in [-0.2, 0) is 0 Å². The first kappa shape index (κ1) is 17.5. The van der Waals surface area contributed by atoms with Crippen LogP contribution in [0, 0.1) is 0 Å². The number of allylic oxidation sites excluding steroid dienone is 1. The third-order valence-corrected chi connectivity index (χ3v) is 4.16. The van der Waals surface area contributed by atoms with Gasteiger partial charge in [0.1, 0.15) is 17.2 Å². The molecule has 2 heterocycles. The summed E-state index contributed by atoms with van der Waals surface area (Å²) in [7, 11) is 1.59. The van der Waals surface area contributed by atoms with Gasteiger partial charge in [-0.1, -0.05) is 12.1 Å². The number of carbonyl (C=O) groups excluding carboxylic acids is 2. The molecule has 0 radical (unpaired) electrons. The second-order valence-electron chi connectivity index (χ2n) is 6.00. The summed E-state index contributed by atoms with van der Waals surface area (Å²) in [4.78, 5) is 28.6. The van der Waals surface area contributed by atoms with Gasteiger partial charge in [-0.25, -0.2) is 4.79 Å². The molecule has 0 fully saturated rings. The van der Waals surface area contributed by atoms with Crippen LogP contribution in [-0.4, -0.2) is 23.8 Å². The highest BCUT2D eigenvalue weighted by molar-refractivity contribution is 6.14. The monoisotopic (exact) mass is 373 g/mol. The summed E-state index contributed by atoms with van der Waals surface area (Å²) in [6, 6.07) is 15.2. The van der Waals surface area contributed by atoms with Gasteiger partial charge in [0.2, 0.25) is 5.78 Å². The van der Waals surface area contributed by atoms with Gasteiger partial charge in [-0.15, -0.1) is 0 Å². The van der Waals surface area contributed by atoms with Crippen LogP contribution in [0.5, 0.6) is 17.2 Å². The molecular weight excluding hydrogens is 358 g/mol. The van der Waals surface area contributed by atoms with Gasteiger partial charge in [0.05, 0.1) is 18.2 Å². The van der Waals surface area contributed by atoms with Crippen LogP contribution in [0.3, 0.4) is 0 Å². The van der Waals surface area contributed by atoms with E-state index in [4.69, 9.17) is 14.2 Å². The Morgan fingerprint density at radius 1 is 1.07 bits per heavy atom. The van der Waals surface area contributed by atoms with Gasteiger partial charge in [-0.2, -0.15) is 0 Å². The Hall–Kier alpha value is -3.93. The third kappa shape index (κ3) is 3.48. The first-order valence-electron chi connectivity index (χ1n) is 8.48. The highest BCUT2D eigenvalue weighted by Crippen LogP contribution is 2.35. The number of esters is 1. The molecule has 1 aromatic heterocycles. The van der Waals surface area contributed by atoms with Crippen molar-refractivity contribution < 1.29 is 23.8 Å². The van der Waals surface area contributed by atoms with E-state index in [1.54, 1.807) is 55.8 Å². The largest absolute Gasteiger partial charge is 0.497 e. The normalized spacial score (nSPS) is 13.8. The third-order valence-electron chi connectivity index (χ3n) is 4.16. The van der Waals surface area contributed by atoms with Gasteiger partial charge in [0, 0.05) is 18.5 Å². The number of methoxy groups -OCH3 is 1. The summed E-state index contributed by atoms with van der Waals surface area (Å²) in [6.07, 6.45) is 4.65. The number of ketones is 1. The lowest BCUT2D eigenvalue weighted by Crippen LogP contribution is -2.08. The van der Waals surface area contributed by atoms with E-state index in [1.807, 2.05) is 12.1 Å². The van der Waals surface area contributed by atoms with Gasteiger partial charge in [-0.3, -0.25) is 9.78 Å². The van der Waals surface area contributed by atoms with Crippen molar-refractivity contribution in [3.63, 3.8) is 0 Å². The molecule has 0 atom stereocenters. The van der Waals surface area contributed by atoms with Crippen LogP contribution in [0.25, 0.3) is 6.08 Å². The average Bonchev–Trinajstić information content (AvgIpc) is 3.04. The van der Waals surface area contributed by atoms with Crippen molar-refractivity contribution >= 4 is 17.8 Å². The number of nitrogens with zero attached hydrogens (tertiary/aromatic N) is 1. The Morgan fingerprint density at radius 3 is 2.57 bits per heavy atom. The molecule has 2 aromatic carbocycles. The Kier molecular flexibility index (Phi) is 4.60. The first-order chi connectivity index (χ1) is 13.6. The molecule has 6 nitrogen and oxygen atoms in total. The minimum Gasteiger partial charge on any atom is -0.497 e. The molecule has 0 spiro atoms. The maximum Gasteiger partial charge on any atom is 0.345 e. The number of hydrogen-bond donors (Lipinski definition) is 0. The Morgan fingerprint density at radius 2 is 1.86 bits per heavy atom. The van der Waals surface area contributed by atoms with Crippen LogP contribution in [0.15, 0.2) is 72.8 Å². The summed E-state index contributed by atoms with van der Waals surface area (Å²) in [6.45, 7) is 0. The molecule has 4 rings (SSSR count). The van der Waals surface area contributed by atoms with Gasteiger partial charge in [-0.05, 0) is 48.0 Å². The minimum absolute atomic E-state index is 0.205. The highest BCUT2D eigenvalue weighted by atomic mass is 16.5. The summed E-state index contributed by atoms with van der Waals surface area (Å²) in [5.74, 6) is 0.801. The van der Waals surface area contributed by atoms with E-state index in [1.165, 1.54) is 12.3 Å². The van der Waals surface area contributed by atoms with Crippen molar-refractivity contribution in [2.24, 2.45) is 0 Å². The van der Waals surface area contributed by atoms with E-state index in [0.29, 0.717) is 16.9 Å². The molecule has 138 valence electrons. The van der Waals surface area contributed by atoms with Crippen molar-refractivity contribution in [3.8, 4) is 17.2 Å². The van der Waals surface area contributed by atoms with Crippen LogP contribution in [0.2, 0.25) is 0 Å². The predicted molar refractivity (Wildman–Crippen MR) is 102 cm³/mol. The fraction of sp³-hybridized carbons (Fsp3) is 0.0455. The van der Waals surface area contributed by atoms with Crippen molar-refractivity contribution in [1.82, 2.24) is 4.98 Å². The minimum atomic E-state index is -0.536. The zero-order valence-corrected chi connectivity index (χ0v) is 14.9. The number of pyridine rings is 1. The molecule has 6 heteroatoms. The number of ether oxygens (including phenoxy) is 3. The number of Topliss-reactive ketones (excluding diaryl/α,β-unsaturated/α-hetero) is 1. The SMILES string of the molecule is COc1ccc(/C=C2/Oc3cc(OC(=O)c4cccnc4)ccc3C2=O)cc1. The van der Waals surface area contributed by atoms with Gasteiger partial charge in [0.25, 0.3) is 0 Å². The van der Waals surface area contributed by atoms with Crippen LogP contribution >= 0.6 is 0 Å². The number of aromatic nitrogens is 1. The van der Waals surface area contributed by atoms with Crippen LogP contribution in [0.4, 0.5) is 0 Å². The second kappa shape index (κ2) is 7.36. The second-order valence-corrected chi connectivity index (χ2v) is 6.00. The zero-order chi connectivity index (χ0) is 19.5. The molecule has 1 aliphatic rings. The summed E-state index contributed by atoms with van der Waals surface area (Å²) in [5.41, 5.74) is 1.56. The molecule has 0 amide bonds.